The van der Waals surface area contributed by atoms with Crippen molar-refractivity contribution >= 4 is 5.91 Å². The predicted molar refractivity (Wildman–Crippen MR) is 65.2 cm³/mol. The van der Waals surface area contributed by atoms with Crippen LogP contribution in [-0.4, -0.2) is 36.6 Å². The fourth-order valence-electron chi connectivity index (χ4n) is 1.91. The Morgan fingerprint density at radius 1 is 1.47 bits per heavy atom. The molecule has 0 N–H and O–H groups in total. The summed E-state index contributed by atoms with van der Waals surface area (Å²) in [5, 5.41) is 9.03. The summed E-state index contributed by atoms with van der Waals surface area (Å²) in [7, 11) is 1.62. The van der Waals surface area contributed by atoms with Crippen LogP contribution in [0.15, 0.2) is 0 Å². The molecule has 96 valence electrons. The smallest absolute Gasteiger partial charge is 0.225 e. The topological polar surface area (TPSA) is 53.3 Å². The van der Waals surface area contributed by atoms with Gasteiger partial charge in [-0.3, -0.25) is 4.79 Å². The number of amides is 1. The molecular formula is C13H22N2O2. The first kappa shape index (κ1) is 14.0. The molecular weight excluding hydrogens is 216 g/mol. The number of ether oxygens (including phenoxy) is 1. The SMILES string of the molecule is COC(C)(C)CC(=O)N1CCC(C)(C#N)CC1. The molecule has 0 aliphatic carbocycles. The van der Waals surface area contributed by atoms with E-state index in [1.54, 1.807) is 7.11 Å². The standard InChI is InChI=1S/C13H22N2O2/c1-12(2,17-4)9-11(16)15-7-5-13(3,10-14)6-8-15/h5-9H2,1-4H3. The minimum absolute atomic E-state index is 0.122. The molecule has 0 aromatic heterocycles. The maximum absolute atomic E-state index is 12.0. The van der Waals surface area contributed by atoms with Crippen LogP contribution in [0.3, 0.4) is 0 Å². The number of hydrogen-bond acceptors (Lipinski definition) is 3. The number of hydrogen-bond donors (Lipinski definition) is 0. The van der Waals surface area contributed by atoms with Gasteiger partial charge < -0.3 is 9.64 Å². The van der Waals surface area contributed by atoms with Crippen LogP contribution in [0.2, 0.25) is 0 Å². The van der Waals surface area contributed by atoms with Gasteiger partial charge in [-0.15, -0.1) is 0 Å². The summed E-state index contributed by atoms with van der Waals surface area (Å²) < 4.78 is 5.26. The van der Waals surface area contributed by atoms with Gasteiger partial charge in [-0.2, -0.15) is 5.26 Å². The Morgan fingerprint density at radius 2 is 2.00 bits per heavy atom. The number of carbonyl (C=O) groups is 1. The van der Waals surface area contributed by atoms with Crippen molar-refractivity contribution in [1.29, 1.82) is 5.26 Å². The Morgan fingerprint density at radius 3 is 2.41 bits per heavy atom. The molecule has 0 spiro atoms. The lowest BCUT2D eigenvalue weighted by Crippen LogP contribution is -2.44. The highest BCUT2D eigenvalue weighted by Gasteiger charge is 2.33. The number of rotatable bonds is 3. The third kappa shape index (κ3) is 3.71. The first-order valence-corrected chi connectivity index (χ1v) is 6.06. The van der Waals surface area contributed by atoms with Gasteiger partial charge in [0, 0.05) is 20.2 Å². The molecule has 4 heteroatoms. The molecule has 1 amide bonds. The number of carbonyl (C=O) groups excluding carboxylic acids is 1. The van der Waals surface area contributed by atoms with Crippen LogP contribution in [0.4, 0.5) is 0 Å². The van der Waals surface area contributed by atoms with Crippen LogP contribution < -0.4 is 0 Å². The van der Waals surface area contributed by atoms with Crippen molar-refractivity contribution in [3.05, 3.63) is 0 Å². The fourth-order valence-corrected chi connectivity index (χ4v) is 1.91. The van der Waals surface area contributed by atoms with Gasteiger partial charge in [0.05, 0.1) is 23.5 Å². The third-order valence-corrected chi connectivity index (χ3v) is 3.62. The second-order valence-electron chi connectivity index (χ2n) is 5.69. The van der Waals surface area contributed by atoms with Crippen LogP contribution in [0.1, 0.15) is 40.0 Å². The summed E-state index contributed by atoms with van der Waals surface area (Å²) in [5.74, 6) is 0.122. The lowest BCUT2D eigenvalue weighted by atomic mass is 9.82. The summed E-state index contributed by atoms with van der Waals surface area (Å²) in [4.78, 5) is 13.9. The zero-order valence-electron chi connectivity index (χ0n) is 11.2. The van der Waals surface area contributed by atoms with Gasteiger partial charge in [-0.1, -0.05) is 0 Å². The van der Waals surface area contributed by atoms with E-state index in [-0.39, 0.29) is 11.3 Å². The summed E-state index contributed by atoms with van der Waals surface area (Å²) >= 11 is 0. The lowest BCUT2D eigenvalue weighted by Gasteiger charge is -2.36. The number of likely N-dealkylation sites (tertiary alicyclic amines) is 1. The van der Waals surface area contributed by atoms with Crippen molar-refractivity contribution in [1.82, 2.24) is 4.90 Å². The summed E-state index contributed by atoms with van der Waals surface area (Å²) in [6, 6.07) is 2.34. The van der Waals surface area contributed by atoms with E-state index in [9.17, 15) is 4.79 Å². The second kappa shape index (κ2) is 5.05. The number of nitriles is 1. The van der Waals surface area contributed by atoms with E-state index in [4.69, 9.17) is 10.00 Å². The molecule has 1 rings (SSSR count). The van der Waals surface area contributed by atoms with E-state index < -0.39 is 5.60 Å². The highest BCUT2D eigenvalue weighted by atomic mass is 16.5. The van der Waals surface area contributed by atoms with Gasteiger partial charge in [-0.05, 0) is 33.6 Å². The normalized spacial score (nSPS) is 19.8. The third-order valence-electron chi connectivity index (χ3n) is 3.62. The average Bonchev–Trinajstić information content (AvgIpc) is 2.29. The van der Waals surface area contributed by atoms with Crippen molar-refractivity contribution < 1.29 is 9.53 Å². The zero-order chi connectivity index (χ0) is 13.1. The molecule has 1 aliphatic heterocycles. The van der Waals surface area contributed by atoms with E-state index >= 15 is 0 Å². The van der Waals surface area contributed by atoms with Crippen molar-refractivity contribution in [2.24, 2.45) is 5.41 Å². The van der Waals surface area contributed by atoms with Crippen molar-refractivity contribution in [3.63, 3.8) is 0 Å². The quantitative estimate of drug-likeness (QED) is 0.755. The maximum atomic E-state index is 12.0. The first-order chi connectivity index (χ1) is 7.82. The molecule has 1 saturated heterocycles. The van der Waals surface area contributed by atoms with Gasteiger partial charge in [0.1, 0.15) is 0 Å². The van der Waals surface area contributed by atoms with Crippen LogP contribution in [0.5, 0.6) is 0 Å². The van der Waals surface area contributed by atoms with Crippen LogP contribution in [0, 0.1) is 16.7 Å². The predicted octanol–water partition coefficient (Wildman–Crippen LogP) is 1.95. The fraction of sp³-hybridized carbons (Fsp3) is 0.846. The van der Waals surface area contributed by atoms with Crippen molar-refractivity contribution in [2.75, 3.05) is 20.2 Å². The van der Waals surface area contributed by atoms with Gasteiger partial charge in [-0.25, -0.2) is 0 Å². The number of methoxy groups -OCH3 is 1. The van der Waals surface area contributed by atoms with Gasteiger partial charge in [0.25, 0.3) is 0 Å². The highest BCUT2D eigenvalue weighted by molar-refractivity contribution is 5.77. The highest BCUT2D eigenvalue weighted by Crippen LogP contribution is 2.30. The van der Waals surface area contributed by atoms with Gasteiger partial charge in [0.2, 0.25) is 5.91 Å². The molecule has 0 atom stereocenters. The Balaban J connectivity index is 2.50. The van der Waals surface area contributed by atoms with Crippen LogP contribution in [0.25, 0.3) is 0 Å². The monoisotopic (exact) mass is 238 g/mol. The molecule has 0 bridgehead atoms. The lowest BCUT2D eigenvalue weighted by molar-refractivity contribution is -0.138. The summed E-state index contributed by atoms with van der Waals surface area (Å²) in [6.07, 6.45) is 1.93. The van der Waals surface area contributed by atoms with E-state index in [0.29, 0.717) is 19.5 Å². The average molecular weight is 238 g/mol. The molecule has 1 fully saturated rings. The molecule has 1 heterocycles. The van der Waals surface area contributed by atoms with E-state index in [1.165, 1.54) is 0 Å². The van der Waals surface area contributed by atoms with Gasteiger partial charge in [0.15, 0.2) is 0 Å². The number of piperidine rings is 1. The van der Waals surface area contributed by atoms with E-state index in [2.05, 4.69) is 6.07 Å². The van der Waals surface area contributed by atoms with Crippen LogP contribution >= 0.6 is 0 Å². The minimum Gasteiger partial charge on any atom is -0.378 e. The molecule has 0 saturated carbocycles. The minimum atomic E-state index is -0.410. The Bertz CT molecular complexity index is 323. The van der Waals surface area contributed by atoms with Crippen molar-refractivity contribution in [2.45, 2.75) is 45.6 Å². The van der Waals surface area contributed by atoms with Crippen LogP contribution in [-0.2, 0) is 9.53 Å². The molecule has 17 heavy (non-hydrogen) atoms. The Labute approximate surface area is 104 Å². The largest absolute Gasteiger partial charge is 0.378 e. The Hall–Kier alpha value is -1.08. The molecule has 0 radical (unpaired) electrons. The molecule has 1 aliphatic rings. The maximum Gasteiger partial charge on any atom is 0.225 e. The zero-order valence-corrected chi connectivity index (χ0v) is 11.2. The summed E-state index contributed by atoms with van der Waals surface area (Å²) in [6.45, 7) is 7.15. The molecule has 0 aromatic carbocycles. The van der Waals surface area contributed by atoms with Crippen molar-refractivity contribution in [3.8, 4) is 6.07 Å². The molecule has 0 aromatic rings. The molecule has 0 unspecified atom stereocenters. The number of nitrogens with zero attached hydrogens (tertiary/aromatic N) is 2. The Kier molecular flexibility index (Phi) is 4.16. The second-order valence-corrected chi connectivity index (χ2v) is 5.69. The molecule has 4 nitrogen and oxygen atoms in total. The van der Waals surface area contributed by atoms with Gasteiger partial charge >= 0.3 is 0 Å². The van der Waals surface area contributed by atoms with E-state index in [0.717, 1.165) is 12.8 Å². The first-order valence-electron chi connectivity index (χ1n) is 6.06. The van der Waals surface area contributed by atoms with E-state index in [1.807, 2.05) is 25.7 Å². The summed E-state index contributed by atoms with van der Waals surface area (Å²) in [5.41, 5.74) is -0.666.